The summed E-state index contributed by atoms with van der Waals surface area (Å²) < 4.78 is 5.65. The largest absolute Gasteiger partial charge is 0.394 e. The molecule has 0 amide bonds. The zero-order valence-corrected chi connectivity index (χ0v) is 9.42. The van der Waals surface area contributed by atoms with E-state index in [1.54, 1.807) is 0 Å². The van der Waals surface area contributed by atoms with Crippen LogP contribution in [0.25, 0.3) is 0 Å². The average molecular weight is 188 g/mol. The third kappa shape index (κ3) is 4.63. The van der Waals surface area contributed by atoms with E-state index in [1.165, 1.54) is 0 Å². The quantitative estimate of drug-likeness (QED) is 0.665. The van der Waals surface area contributed by atoms with Crippen molar-refractivity contribution in [2.75, 3.05) is 13.2 Å². The van der Waals surface area contributed by atoms with Crippen molar-refractivity contribution in [2.24, 2.45) is 11.8 Å². The smallest absolute Gasteiger partial charge is 0.0701 e. The molecule has 0 saturated carbocycles. The maximum atomic E-state index is 8.70. The van der Waals surface area contributed by atoms with Gasteiger partial charge in [0.15, 0.2) is 0 Å². The van der Waals surface area contributed by atoms with Gasteiger partial charge in [-0.15, -0.1) is 0 Å². The van der Waals surface area contributed by atoms with Crippen LogP contribution in [0.2, 0.25) is 0 Å². The first-order chi connectivity index (χ1) is 6.17. The zero-order valence-electron chi connectivity index (χ0n) is 9.42. The van der Waals surface area contributed by atoms with Gasteiger partial charge in [-0.25, -0.2) is 0 Å². The van der Waals surface area contributed by atoms with E-state index in [1.807, 2.05) is 0 Å². The second kappa shape index (κ2) is 7.34. The van der Waals surface area contributed by atoms with E-state index in [0.29, 0.717) is 24.5 Å². The van der Waals surface area contributed by atoms with E-state index in [0.717, 1.165) is 12.8 Å². The number of hydrogen-bond acceptors (Lipinski definition) is 2. The van der Waals surface area contributed by atoms with Crippen molar-refractivity contribution in [2.45, 2.75) is 46.6 Å². The summed E-state index contributed by atoms with van der Waals surface area (Å²) in [5.74, 6) is 1.17. The van der Waals surface area contributed by atoms with E-state index < -0.39 is 0 Å². The molecule has 0 aromatic carbocycles. The van der Waals surface area contributed by atoms with Crippen molar-refractivity contribution in [3.05, 3.63) is 0 Å². The molecule has 0 radical (unpaired) electrons. The third-order valence-corrected chi connectivity index (χ3v) is 2.81. The second-order valence-electron chi connectivity index (χ2n) is 3.83. The van der Waals surface area contributed by atoms with Gasteiger partial charge in [0, 0.05) is 0 Å². The van der Waals surface area contributed by atoms with E-state index in [2.05, 4.69) is 27.7 Å². The monoisotopic (exact) mass is 188 g/mol. The average Bonchev–Trinajstić information content (AvgIpc) is 2.17. The number of ether oxygens (including phenoxy) is 1. The lowest BCUT2D eigenvalue weighted by molar-refractivity contribution is -0.0330. The highest BCUT2D eigenvalue weighted by atomic mass is 16.5. The highest BCUT2D eigenvalue weighted by Gasteiger charge is 2.21. The number of aliphatic hydroxyl groups is 1. The number of hydrogen-bond donors (Lipinski definition) is 1. The van der Waals surface area contributed by atoms with Gasteiger partial charge in [0.2, 0.25) is 0 Å². The van der Waals surface area contributed by atoms with Crippen molar-refractivity contribution < 1.29 is 9.84 Å². The molecule has 0 aromatic rings. The van der Waals surface area contributed by atoms with Crippen LogP contribution >= 0.6 is 0 Å². The summed E-state index contributed by atoms with van der Waals surface area (Å²) in [5, 5.41) is 8.70. The number of aliphatic hydroxyl groups excluding tert-OH is 1. The molecule has 2 atom stereocenters. The molecule has 0 spiro atoms. The molecule has 0 rings (SSSR count). The van der Waals surface area contributed by atoms with Gasteiger partial charge in [-0.2, -0.15) is 0 Å². The van der Waals surface area contributed by atoms with Crippen molar-refractivity contribution in [3.8, 4) is 0 Å². The van der Waals surface area contributed by atoms with Crippen LogP contribution in [-0.2, 0) is 4.74 Å². The molecule has 1 N–H and O–H groups in total. The first-order valence-corrected chi connectivity index (χ1v) is 5.39. The highest BCUT2D eigenvalue weighted by molar-refractivity contribution is 4.70. The van der Waals surface area contributed by atoms with Crippen LogP contribution in [0.3, 0.4) is 0 Å². The van der Waals surface area contributed by atoms with E-state index in [4.69, 9.17) is 9.84 Å². The Kier molecular flexibility index (Phi) is 7.29. The summed E-state index contributed by atoms with van der Waals surface area (Å²) in [4.78, 5) is 0. The molecule has 0 aliphatic heterocycles. The topological polar surface area (TPSA) is 29.5 Å². The van der Waals surface area contributed by atoms with Crippen LogP contribution in [0.4, 0.5) is 0 Å². The summed E-state index contributed by atoms with van der Waals surface area (Å²) in [6, 6.07) is 0. The van der Waals surface area contributed by atoms with Crippen LogP contribution in [0.15, 0.2) is 0 Å². The molecular formula is C11H24O2. The summed E-state index contributed by atoms with van der Waals surface area (Å²) in [6.07, 6.45) is 2.59. The Bertz CT molecular complexity index is 105. The predicted octanol–water partition coefficient (Wildman–Crippen LogP) is 2.46. The van der Waals surface area contributed by atoms with E-state index in [-0.39, 0.29) is 6.61 Å². The van der Waals surface area contributed by atoms with E-state index >= 15 is 0 Å². The first kappa shape index (κ1) is 12.9. The summed E-state index contributed by atoms with van der Waals surface area (Å²) in [6.45, 7) is 9.40. The minimum absolute atomic E-state index is 0.128. The molecule has 0 aliphatic carbocycles. The normalized spacial score (nSPS) is 18.2. The van der Waals surface area contributed by atoms with Gasteiger partial charge in [-0.05, 0) is 11.8 Å². The Morgan fingerprint density at radius 2 is 1.54 bits per heavy atom. The molecule has 0 heterocycles. The van der Waals surface area contributed by atoms with Gasteiger partial charge in [0.05, 0.1) is 19.3 Å². The van der Waals surface area contributed by atoms with Gasteiger partial charge in [-0.3, -0.25) is 0 Å². The lowest BCUT2D eigenvalue weighted by atomic mass is 9.90. The summed E-state index contributed by atoms with van der Waals surface area (Å²) in [5.41, 5.74) is 0. The molecule has 0 fully saturated rings. The molecule has 0 saturated heterocycles. The second-order valence-corrected chi connectivity index (χ2v) is 3.83. The van der Waals surface area contributed by atoms with Crippen LogP contribution in [0.1, 0.15) is 40.5 Å². The molecule has 2 unspecified atom stereocenters. The van der Waals surface area contributed by atoms with Crippen LogP contribution in [0, 0.1) is 11.8 Å². The minimum atomic E-state index is 0.128. The van der Waals surface area contributed by atoms with Crippen molar-refractivity contribution >= 4 is 0 Å². The molecule has 0 aliphatic rings. The summed E-state index contributed by atoms with van der Waals surface area (Å²) >= 11 is 0. The Morgan fingerprint density at radius 3 is 1.85 bits per heavy atom. The fourth-order valence-electron chi connectivity index (χ4n) is 1.54. The molecule has 80 valence electrons. The highest BCUT2D eigenvalue weighted by Crippen LogP contribution is 2.21. The molecule has 2 nitrogen and oxygen atoms in total. The standard InChI is InChI=1S/C11H24O2/c1-5-9(3)11(10(4)6-2)13-8-7-12/h9-12H,5-8H2,1-4H3. The Hall–Kier alpha value is -0.0800. The molecular weight excluding hydrogens is 164 g/mol. The molecule has 0 aromatic heterocycles. The maximum Gasteiger partial charge on any atom is 0.0701 e. The zero-order chi connectivity index (χ0) is 10.3. The van der Waals surface area contributed by atoms with Crippen molar-refractivity contribution in [3.63, 3.8) is 0 Å². The van der Waals surface area contributed by atoms with Gasteiger partial charge in [0.25, 0.3) is 0 Å². The number of rotatable bonds is 7. The van der Waals surface area contributed by atoms with Gasteiger partial charge < -0.3 is 9.84 Å². The Balaban J connectivity index is 4.01. The van der Waals surface area contributed by atoms with Crippen molar-refractivity contribution in [1.29, 1.82) is 0 Å². The maximum absolute atomic E-state index is 8.70. The Morgan fingerprint density at radius 1 is 1.08 bits per heavy atom. The van der Waals surface area contributed by atoms with Crippen LogP contribution < -0.4 is 0 Å². The molecule has 0 bridgehead atoms. The van der Waals surface area contributed by atoms with Crippen LogP contribution in [0.5, 0.6) is 0 Å². The van der Waals surface area contributed by atoms with Crippen molar-refractivity contribution in [1.82, 2.24) is 0 Å². The Labute approximate surface area is 82.3 Å². The molecule has 2 heteroatoms. The minimum Gasteiger partial charge on any atom is -0.394 e. The van der Waals surface area contributed by atoms with E-state index in [9.17, 15) is 0 Å². The first-order valence-electron chi connectivity index (χ1n) is 5.39. The summed E-state index contributed by atoms with van der Waals surface area (Å²) in [7, 11) is 0. The van der Waals surface area contributed by atoms with Gasteiger partial charge in [0.1, 0.15) is 0 Å². The van der Waals surface area contributed by atoms with Gasteiger partial charge >= 0.3 is 0 Å². The fourth-order valence-corrected chi connectivity index (χ4v) is 1.54. The molecule has 13 heavy (non-hydrogen) atoms. The third-order valence-electron chi connectivity index (χ3n) is 2.81. The van der Waals surface area contributed by atoms with Gasteiger partial charge in [-0.1, -0.05) is 40.5 Å². The predicted molar refractivity (Wildman–Crippen MR) is 55.7 cm³/mol. The fraction of sp³-hybridized carbons (Fsp3) is 1.00. The lowest BCUT2D eigenvalue weighted by Gasteiger charge is -2.28. The lowest BCUT2D eigenvalue weighted by Crippen LogP contribution is -2.29. The SMILES string of the molecule is CCC(C)C(OCCO)C(C)CC. The van der Waals surface area contributed by atoms with Crippen LogP contribution in [-0.4, -0.2) is 24.4 Å².